The van der Waals surface area contributed by atoms with Gasteiger partial charge in [0.25, 0.3) is 0 Å². The number of esters is 1. The molecule has 0 aliphatic rings. The number of fused-ring (bicyclic) bond motifs is 3. The van der Waals surface area contributed by atoms with Crippen molar-refractivity contribution in [3.05, 3.63) is 62.8 Å². The van der Waals surface area contributed by atoms with Gasteiger partial charge in [-0.25, -0.2) is 4.79 Å². The summed E-state index contributed by atoms with van der Waals surface area (Å²) in [7, 11) is 0. The number of nitrogens with one attached hydrogen (secondary N) is 1. The molecule has 3 aromatic heterocycles. The highest BCUT2D eigenvalue weighted by Crippen LogP contribution is 2.25. The van der Waals surface area contributed by atoms with E-state index in [4.69, 9.17) is 9.15 Å². The molecule has 0 radical (unpaired) electrons. The maximum absolute atomic E-state index is 12.9. The van der Waals surface area contributed by atoms with Crippen molar-refractivity contribution in [2.24, 2.45) is 0 Å². The molecule has 0 aliphatic heterocycles. The summed E-state index contributed by atoms with van der Waals surface area (Å²) in [5.74, 6) is -0.716. The van der Waals surface area contributed by atoms with Gasteiger partial charge < -0.3 is 14.5 Å². The average molecular weight is 439 g/mol. The first-order valence-electron chi connectivity index (χ1n) is 9.83. The zero-order valence-electron chi connectivity index (χ0n) is 17.1. The normalized spacial score (nSPS) is 12.2. The molecule has 0 spiro atoms. The van der Waals surface area contributed by atoms with Crippen molar-refractivity contribution in [3.63, 3.8) is 0 Å². The van der Waals surface area contributed by atoms with Crippen molar-refractivity contribution in [1.29, 1.82) is 0 Å². The van der Waals surface area contributed by atoms with E-state index in [-0.39, 0.29) is 31.4 Å². The maximum Gasteiger partial charge on any atom is 0.347 e. The zero-order valence-corrected chi connectivity index (χ0v) is 17.9. The molecule has 4 rings (SSSR count). The Bertz CT molecular complexity index is 1310. The van der Waals surface area contributed by atoms with Crippen LogP contribution in [0.1, 0.15) is 29.8 Å². The Morgan fingerprint density at radius 2 is 2.13 bits per heavy atom. The van der Waals surface area contributed by atoms with E-state index in [0.29, 0.717) is 21.9 Å². The first kappa shape index (κ1) is 20.8. The van der Waals surface area contributed by atoms with E-state index in [9.17, 15) is 14.4 Å². The molecule has 4 aromatic rings. The highest BCUT2D eigenvalue weighted by atomic mass is 32.1. The monoisotopic (exact) mass is 439 g/mol. The van der Waals surface area contributed by atoms with Crippen molar-refractivity contribution in [2.45, 2.75) is 32.9 Å². The van der Waals surface area contributed by atoms with E-state index >= 15 is 0 Å². The highest BCUT2D eigenvalue weighted by molar-refractivity contribution is 7.10. The average Bonchev–Trinajstić information content (AvgIpc) is 3.39. The number of rotatable bonds is 7. The van der Waals surface area contributed by atoms with E-state index < -0.39 is 11.7 Å². The first-order valence-corrected chi connectivity index (χ1v) is 10.7. The lowest BCUT2D eigenvalue weighted by Crippen LogP contribution is -2.33. The van der Waals surface area contributed by atoms with Crippen LogP contribution in [0.25, 0.3) is 21.9 Å². The Hall–Kier alpha value is -3.46. The molecule has 8 nitrogen and oxygen atoms in total. The van der Waals surface area contributed by atoms with E-state index in [1.54, 1.807) is 13.0 Å². The number of aryl methyl sites for hydroxylation is 1. The Morgan fingerprint density at radius 1 is 1.29 bits per heavy atom. The third-order valence-electron chi connectivity index (χ3n) is 4.84. The Kier molecular flexibility index (Phi) is 5.85. The molecular formula is C22H21N3O5S. The quantitative estimate of drug-likeness (QED) is 0.350. The predicted octanol–water partition coefficient (Wildman–Crippen LogP) is 3.32. The summed E-state index contributed by atoms with van der Waals surface area (Å²) in [5, 5.41) is 10.0. The fraction of sp³-hybridized carbons (Fsp3) is 0.273. The number of ether oxygens (including phenoxy) is 1. The third kappa shape index (κ3) is 4.36. The van der Waals surface area contributed by atoms with Crippen LogP contribution in [-0.4, -0.2) is 28.3 Å². The Balaban J connectivity index is 1.63. The summed E-state index contributed by atoms with van der Waals surface area (Å²) < 4.78 is 11.9. The van der Waals surface area contributed by atoms with Crippen LogP contribution < -0.4 is 10.9 Å². The largest absolute Gasteiger partial charge is 0.466 e. The minimum Gasteiger partial charge on any atom is -0.466 e. The molecule has 1 atom stereocenters. The van der Waals surface area contributed by atoms with Crippen molar-refractivity contribution >= 4 is 45.1 Å². The van der Waals surface area contributed by atoms with Crippen molar-refractivity contribution in [1.82, 2.24) is 15.1 Å². The second-order valence-electron chi connectivity index (χ2n) is 7.10. The van der Waals surface area contributed by atoms with Gasteiger partial charge in [0, 0.05) is 10.3 Å². The molecule has 0 bridgehead atoms. The van der Waals surface area contributed by atoms with Crippen molar-refractivity contribution in [2.75, 3.05) is 6.61 Å². The number of nitrogens with zero attached hydrogens (tertiary/aromatic N) is 2. The van der Waals surface area contributed by atoms with Gasteiger partial charge >= 0.3 is 11.6 Å². The first-order chi connectivity index (χ1) is 15.0. The van der Waals surface area contributed by atoms with Crippen LogP contribution in [0.5, 0.6) is 0 Å². The third-order valence-corrected chi connectivity index (χ3v) is 5.83. The summed E-state index contributed by atoms with van der Waals surface area (Å²) in [5.41, 5.74) is 1.47. The van der Waals surface area contributed by atoms with Crippen LogP contribution >= 0.6 is 11.3 Å². The molecule has 1 aromatic carbocycles. The smallest absolute Gasteiger partial charge is 0.347 e. The van der Waals surface area contributed by atoms with Gasteiger partial charge in [0.05, 0.1) is 30.8 Å². The summed E-state index contributed by atoms with van der Waals surface area (Å²) in [4.78, 5) is 38.0. The zero-order chi connectivity index (χ0) is 22.0. The molecule has 160 valence electrons. The molecule has 1 amide bonds. The standard InChI is InChI=1S/C22H21N3O5S/c1-3-29-20(27)10-16(18-5-4-8-31-18)24-19(26)12-25-21-14-9-13(2)6-7-17(14)30-22(28)15(21)11-23-25/h4-9,11,16H,3,10,12H2,1-2H3,(H,24,26). The number of thiophene rings is 1. The number of aromatic nitrogens is 2. The molecule has 3 heterocycles. The molecule has 31 heavy (non-hydrogen) atoms. The molecule has 0 aliphatic carbocycles. The minimum atomic E-state index is -0.503. The topological polar surface area (TPSA) is 103 Å². The molecule has 0 saturated carbocycles. The number of benzene rings is 1. The van der Waals surface area contributed by atoms with Gasteiger partial charge in [-0.2, -0.15) is 5.10 Å². The SMILES string of the molecule is CCOC(=O)CC(NC(=O)Cn1ncc2c(=O)oc3ccc(C)cc3c21)c1cccs1. The number of carbonyl (C=O) groups is 2. The van der Waals surface area contributed by atoms with Crippen LogP contribution in [0, 0.1) is 6.92 Å². The lowest BCUT2D eigenvalue weighted by Gasteiger charge is -2.17. The Labute approximate surface area is 181 Å². The second kappa shape index (κ2) is 8.73. The fourth-order valence-corrected chi connectivity index (χ4v) is 4.26. The van der Waals surface area contributed by atoms with Crippen molar-refractivity contribution < 1.29 is 18.7 Å². The van der Waals surface area contributed by atoms with E-state index in [1.165, 1.54) is 22.2 Å². The summed E-state index contributed by atoms with van der Waals surface area (Å²) in [6.45, 7) is 3.84. The molecule has 0 saturated heterocycles. The molecule has 1 unspecified atom stereocenters. The summed E-state index contributed by atoms with van der Waals surface area (Å²) in [6, 6.07) is 8.70. The molecule has 1 N–H and O–H groups in total. The van der Waals surface area contributed by atoms with Crippen LogP contribution in [0.4, 0.5) is 0 Å². The van der Waals surface area contributed by atoms with Crippen molar-refractivity contribution in [3.8, 4) is 0 Å². The lowest BCUT2D eigenvalue weighted by molar-refractivity contribution is -0.143. The van der Waals surface area contributed by atoms with Gasteiger partial charge in [0.1, 0.15) is 17.5 Å². The fourth-order valence-electron chi connectivity index (χ4n) is 3.49. The summed E-state index contributed by atoms with van der Waals surface area (Å²) >= 11 is 1.45. The van der Waals surface area contributed by atoms with E-state index in [2.05, 4.69) is 10.4 Å². The highest BCUT2D eigenvalue weighted by Gasteiger charge is 2.22. The van der Waals surface area contributed by atoms with Gasteiger partial charge in [-0.1, -0.05) is 17.7 Å². The lowest BCUT2D eigenvalue weighted by atomic mass is 10.1. The van der Waals surface area contributed by atoms with Gasteiger partial charge in [0.2, 0.25) is 5.91 Å². The van der Waals surface area contributed by atoms with E-state index in [1.807, 2.05) is 36.6 Å². The van der Waals surface area contributed by atoms with Gasteiger partial charge in [-0.15, -0.1) is 11.3 Å². The number of carbonyl (C=O) groups excluding carboxylic acids is 2. The molecule has 9 heteroatoms. The van der Waals surface area contributed by atoms with Crippen LogP contribution in [0.15, 0.2) is 51.1 Å². The van der Waals surface area contributed by atoms with Gasteiger partial charge in [-0.05, 0) is 37.4 Å². The van der Waals surface area contributed by atoms with Gasteiger partial charge in [0.15, 0.2) is 0 Å². The number of hydrogen-bond acceptors (Lipinski definition) is 7. The second-order valence-corrected chi connectivity index (χ2v) is 8.08. The van der Waals surface area contributed by atoms with Crippen LogP contribution in [0.2, 0.25) is 0 Å². The van der Waals surface area contributed by atoms with Crippen LogP contribution in [-0.2, 0) is 20.9 Å². The van der Waals surface area contributed by atoms with Crippen LogP contribution in [0.3, 0.4) is 0 Å². The summed E-state index contributed by atoms with van der Waals surface area (Å²) in [6.07, 6.45) is 1.44. The van der Waals surface area contributed by atoms with E-state index in [0.717, 1.165) is 10.4 Å². The maximum atomic E-state index is 12.9. The minimum absolute atomic E-state index is 0.0334. The molecule has 0 fully saturated rings. The molecular weight excluding hydrogens is 418 g/mol. The van der Waals surface area contributed by atoms with Gasteiger partial charge in [-0.3, -0.25) is 14.3 Å². The Morgan fingerprint density at radius 3 is 2.87 bits per heavy atom. The number of amides is 1. The predicted molar refractivity (Wildman–Crippen MR) is 117 cm³/mol. The number of hydrogen-bond donors (Lipinski definition) is 1.